The number of hydrogen-bond acceptors (Lipinski definition) is 7. The molecule has 0 amide bonds. The zero-order valence-electron chi connectivity index (χ0n) is 13.6. The molecule has 0 aromatic heterocycles. The van der Waals surface area contributed by atoms with Crippen LogP contribution < -0.4 is 17.2 Å². The largest absolute Gasteiger partial charge is 0.391 e. The lowest BCUT2D eigenvalue weighted by molar-refractivity contribution is -0.172. The number of nitrogens with two attached hydrogens (primary N) is 3. The lowest BCUT2D eigenvalue weighted by Crippen LogP contribution is -2.68. The summed E-state index contributed by atoms with van der Waals surface area (Å²) in [7, 11) is 0. The van der Waals surface area contributed by atoms with E-state index in [0.717, 1.165) is 6.42 Å². The molecule has 7 nitrogen and oxygen atoms in total. The van der Waals surface area contributed by atoms with Gasteiger partial charge < -0.3 is 21.9 Å². The van der Waals surface area contributed by atoms with Gasteiger partial charge in [0.2, 0.25) is 0 Å². The zero-order valence-corrected chi connectivity index (χ0v) is 13.6. The van der Waals surface area contributed by atoms with Crippen molar-refractivity contribution in [3.05, 3.63) is 0 Å². The summed E-state index contributed by atoms with van der Waals surface area (Å²) >= 11 is 0. The molecule has 1 fully saturated rings. The number of esters is 2. The van der Waals surface area contributed by atoms with Crippen molar-refractivity contribution >= 4 is 17.7 Å². The molecule has 126 valence electrons. The molecule has 4 atom stereocenters. The minimum absolute atomic E-state index is 0.262. The molecule has 0 radical (unpaired) electrons. The highest BCUT2D eigenvalue weighted by Gasteiger charge is 2.60. The number of hydrogen-bond donors (Lipinski definition) is 3. The van der Waals surface area contributed by atoms with Gasteiger partial charge in [-0.05, 0) is 33.1 Å². The van der Waals surface area contributed by atoms with Gasteiger partial charge in [0.1, 0.15) is 11.6 Å². The summed E-state index contributed by atoms with van der Waals surface area (Å²) in [6.45, 7) is 4.79. The molecule has 4 unspecified atom stereocenters. The Morgan fingerprint density at radius 3 is 2.09 bits per heavy atom. The molecule has 7 heteroatoms. The first-order chi connectivity index (χ1) is 10.1. The first-order valence-electron chi connectivity index (χ1n) is 7.73. The van der Waals surface area contributed by atoms with Gasteiger partial charge in [-0.2, -0.15) is 0 Å². The second kappa shape index (κ2) is 6.85. The molecule has 0 aliphatic heterocycles. The molecule has 0 aromatic rings. The van der Waals surface area contributed by atoms with Gasteiger partial charge in [0.15, 0.2) is 5.78 Å². The summed E-state index contributed by atoms with van der Waals surface area (Å²) in [5.74, 6) is -1.99. The Balaban J connectivity index is 3.21. The predicted molar refractivity (Wildman–Crippen MR) is 81.5 cm³/mol. The van der Waals surface area contributed by atoms with Crippen molar-refractivity contribution in [1.29, 1.82) is 0 Å². The number of Topliss-reactive ketones (excluding diaryl/α,β-unsaturated/α-hetero) is 1. The Morgan fingerprint density at radius 2 is 1.64 bits per heavy atom. The number of ketones is 1. The van der Waals surface area contributed by atoms with Crippen LogP contribution in [-0.4, -0.2) is 35.3 Å². The normalized spacial score (nSPS) is 31.2. The SMILES string of the molecule is CCC1(C(=O)C(C)N)CCCCC1(N)C(=O)OC(=O)C(C)N. The van der Waals surface area contributed by atoms with E-state index in [1.54, 1.807) is 13.8 Å². The highest BCUT2D eigenvalue weighted by atomic mass is 16.6. The maximum atomic E-state index is 12.7. The van der Waals surface area contributed by atoms with Crippen molar-refractivity contribution in [2.45, 2.75) is 70.5 Å². The number of ether oxygens (including phenoxy) is 1. The summed E-state index contributed by atoms with van der Waals surface area (Å²) in [5.41, 5.74) is 14.9. The van der Waals surface area contributed by atoms with Gasteiger partial charge >= 0.3 is 11.9 Å². The number of carbonyl (C=O) groups excluding carboxylic acids is 3. The second-order valence-electron chi connectivity index (χ2n) is 6.26. The average molecular weight is 313 g/mol. The lowest BCUT2D eigenvalue weighted by Gasteiger charge is -2.48. The zero-order chi connectivity index (χ0) is 17.1. The maximum absolute atomic E-state index is 12.7. The highest BCUT2D eigenvalue weighted by Crippen LogP contribution is 2.47. The fourth-order valence-electron chi connectivity index (χ4n) is 3.31. The molecule has 1 aliphatic carbocycles. The summed E-state index contributed by atoms with van der Waals surface area (Å²) in [6, 6.07) is -1.67. The Morgan fingerprint density at radius 1 is 1.09 bits per heavy atom. The third kappa shape index (κ3) is 3.06. The van der Waals surface area contributed by atoms with E-state index in [-0.39, 0.29) is 12.2 Å². The second-order valence-corrected chi connectivity index (χ2v) is 6.26. The topological polar surface area (TPSA) is 139 Å². The smallest absolute Gasteiger partial charge is 0.334 e. The van der Waals surface area contributed by atoms with Crippen molar-refractivity contribution in [1.82, 2.24) is 0 Å². The van der Waals surface area contributed by atoms with Crippen LogP contribution in [0.15, 0.2) is 0 Å². The van der Waals surface area contributed by atoms with Gasteiger partial charge in [0.05, 0.1) is 11.5 Å². The predicted octanol–water partition coefficient (Wildman–Crippen LogP) is -0.0124. The standard InChI is InChI=1S/C15H27N3O4/c1-4-14(11(19)9(2)16)7-5-6-8-15(14,18)13(21)22-12(20)10(3)17/h9-10H,4-8,16-18H2,1-3H3. The van der Waals surface area contributed by atoms with Crippen LogP contribution in [0.25, 0.3) is 0 Å². The first kappa shape index (κ1) is 18.7. The third-order valence-electron chi connectivity index (χ3n) is 4.70. The molecule has 22 heavy (non-hydrogen) atoms. The Kier molecular flexibility index (Phi) is 5.83. The third-order valence-corrected chi connectivity index (χ3v) is 4.70. The Labute approximate surface area is 130 Å². The molecule has 0 heterocycles. The molecule has 1 saturated carbocycles. The Bertz CT molecular complexity index is 464. The molecule has 0 bridgehead atoms. The first-order valence-corrected chi connectivity index (χ1v) is 7.73. The molecule has 6 N–H and O–H groups in total. The van der Waals surface area contributed by atoms with E-state index < -0.39 is 35.0 Å². The molecule has 0 saturated heterocycles. The molecular weight excluding hydrogens is 286 g/mol. The van der Waals surface area contributed by atoms with Crippen LogP contribution in [0.3, 0.4) is 0 Å². The molecule has 1 aliphatic rings. The van der Waals surface area contributed by atoms with Crippen molar-refractivity contribution in [2.24, 2.45) is 22.6 Å². The number of rotatable bonds is 5. The van der Waals surface area contributed by atoms with E-state index in [2.05, 4.69) is 0 Å². The van der Waals surface area contributed by atoms with Crippen LogP contribution in [-0.2, 0) is 19.1 Å². The van der Waals surface area contributed by atoms with E-state index in [1.165, 1.54) is 6.92 Å². The lowest BCUT2D eigenvalue weighted by atomic mass is 9.57. The fraction of sp³-hybridized carbons (Fsp3) is 0.800. The quantitative estimate of drug-likeness (QED) is 0.479. The van der Waals surface area contributed by atoms with Gasteiger partial charge in [-0.1, -0.05) is 19.8 Å². The van der Waals surface area contributed by atoms with Gasteiger partial charge in [0.25, 0.3) is 0 Å². The van der Waals surface area contributed by atoms with Crippen molar-refractivity contribution in [3.63, 3.8) is 0 Å². The van der Waals surface area contributed by atoms with Gasteiger partial charge in [-0.25, -0.2) is 9.59 Å². The number of carbonyl (C=O) groups is 3. The van der Waals surface area contributed by atoms with Gasteiger partial charge in [-0.15, -0.1) is 0 Å². The minimum atomic E-state index is -1.55. The van der Waals surface area contributed by atoms with E-state index in [4.69, 9.17) is 21.9 Å². The summed E-state index contributed by atoms with van der Waals surface area (Å²) < 4.78 is 4.82. The minimum Gasteiger partial charge on any atom is -0.391 e. The van der Waals surface area contributed by atoms with E-state index in [0.29, 0.717) is 19.3 Å². The van der Waals surface area contributed by atoms with E-state index in [1.807, 2.05) is 0 Å². The van der Waals surface area contributed by atoms with Crippen LogP contribution >= 0.6 is 0 Å². The van der Waals surface area contributed by atoms with Crippen LogP contribution in [0.4, 0.5) is 0 Å². The van der Waals surface area contributed by atoms with Crippen LogP contribution in [0, 0.1) is 5.41 Å². The summed E-state index contributed by atoms with van der Waals surface area (Å²) in [4.78, 5) is 36.8. The van der Waals surface area contributed by atoms with E-state index in [9.17, 15) is 14.4 Å². The van der Waals surface area contributed by atoms with E-state index >= 15 is 0 Å². The van der Waals surface area contributed by atoms with Crippen molar-refractivity contribution in [3.8, 4) is 0 Å². The molecule has 1 rings (SSSR count). The van der Waals surface area contributed by atoms with Crippen molar-refractivity contribution in [2.75, 3.05) is 0 Å². The molecular formula is C15H27N3O4. The van der Waals surface area contributed by atoms with Gasteiger partial charge in [-0.3, -0.25) is 4.79 Å². The summed E-state index contributed by atoms with van der Waals surface area (Å²) in [5, 5.41) is 0. The average Bonchev–Trinajstić information content (AvgIpc) is 2.46. The van der Waals surface area contributed by atoms with Crippen LogP contribution in [0.2, 0.25) is 0 Å². The van der Waals surface area contributed by atoms with Crippen LogP contribution in [0.1, 0.15) is 52.9 Å². The summed E-state index contributed by atoms with van der Waals surface area (Å²) in [6.07, 6.45) is 2.57. The maximum Gasteiger partial charge on any atom is 0.334 e. The fourth-order valence-corrected chi connectivity index (χ4v) is 3.31. The van der Waals surface area contributed by atoms with Crippen LogP contribution in [0.5, 0.6) is 0 Å². The molecule has 0 aromatic carbocycles. The molecule has 0 spiro atoms. The van der Waals surface area contributed by atoms with Crippen molar-refractivity contribution < 1.29 is 19.1 Å². The van der Waals surface area contributed by atoms with Gasteiger partial charge in [0, 0.05) is 0 Å². The Hall–Kier alpha value is -1.31. The highest BCUT2D eigenvalue weighted by molar-refractivity contribution is 6.00. The monoisotopic (exact) mass is 313 g/mol.